The lowest BCUT2D eigenvalue weighted by Crippen LogP contribution is -2.04. The number of pyridine rings is 2. The van der Waals surface area contributed by atoms with Gasteiger partial charge >= 0.3 is 5.97 Å². The molecule has 2 heterocycles. The van der Waals surface area contributed by atoms with Crippen LogP contribution in [0.25, 0.3) is 11.1 Å². The lowest BCUT2D eigenvalue weighted by molar-refractivity contribution is 0.0600. The SMILES string of the molecule is [B]c1cncc(-c2cncc(C(=O)OC)c2)c1. The molecule has 0 amide bonds. The van der Waals surface area contributed by atoms with Gasteiger partial charge < -0.3 is 4.74 Å². The lowest BCUT2D eigenvalue weighted by atomic mass is 9.95. The molecule has 4 nitrogen and oxygen atoms in total. The number of nitrogens with zero attached hydrogens (tertiary/aromatic N) is 2. The zero-order valence-electron chi connectivity index (χ0n) is 9.25. The van der Waals surface area contributed by atoms with Crippen molar-refractivity contribution in [3.05, 3.63) is 42.5 Å². The molecule has 0 N–H and O–H groups in total. The third-order valence-electron chi connectivity index (χ3n) is 2.25. The van der Waals surface area contributed by atoms with E-state index in [0.29, 0.717) is 11.0 Å². The zero-order chi connectivity index (χ0) is 12.3. The molecule has 2 aromatic heterocycles. The highest BCUT2D eigenvalue weighted by Gasteiger charge is 2.07. The Balaban J connectivity index is 2.43. The Labute approximate surface area is 100 Å². The van der Waals surface area contributed by atoms with Crippen LogP contribution in [0.15, 0.2) is 36.9 Å². The van der Waals surface area contributed by atoms with Crippen LogP contribution in [0.2, 0.25) is 0 Å². The zero-order valence-corrected chi connectivity index (χ0v) is 9.25. The van der Waals surface area contributed by atoms with E-state index >= 15 is 0 Å². The molecule has 0 bridgehead atoms. The number of ether oxygens (including phenoxy) is 1. The first-order valence-corrected chi connectivity index (χ1v) is 4.95. The van der Waals surface area contributed by atoms with Gasteiger partial charge in [-0.05, 0) is 6.07 Å². The van der Waals surface area contributed by atoms with Crippen LogP contribution in [0.3, 0.4) is 0 Å². The van der Waals surface area contributed by atoms with Gasteiger partial charge in [0.2, 0.25) is 0 Å². The van der Waals surface area contributed by atoms with Crippen molar-refractivity contribution in [1.29, 1.82) is 0 Å². The monoisotopic (exact) mass is 224 g/mol. The van der Waals surface area contributed by atoms with Crippen LogP contribution in [0, 0.1) is 0 Å². The van der Waals surface area contributed by atoms with E-state index in [-0.39, 0.29) is 0 Å². The van der Waals surface area contributed by atoms with E-state index in [9.17, 15) is 4.79 Å². The molecule has 2 rings (SSSR count). The Hall–Kier alpha value is -2.17. The first-order chi connectivity index (χ1) is 8.20. The predicted molar refractivity (Wildman–Crippen MR) is 64.2 cm³/mol. The highest BCUT2D eigenvalue weighted by atomic mass is 16.5. The number of hydrogen-bond donors (Lipinski definition) is 0. The number of carbonyl (C=O) groups excluding carboxylic acids is 1. The molecular formula is C12H9BN2O2. The van der Waals surface area contributed by atoms with Gasteiger partial charge in [-0.15, -0.1) is 0 Å². The minimum absolute atomic E-state index is 0.396. The number of carbonyl (C=O) groups is 1. The van der Waals surface area contributed by atoms with E-state index in [0.717, 1.165) is 11.1 Å². The van der Waals surface area contributed by atoms with Crippen molar-refractivity contribution in [2.45, 2.75) is 0 Å². The molecule has 0 aliphatic rings. The maximum Gasteiger partial charge on any atom is 0.339 e. The molecule has 2 radical (unpaired) electrons. The van der Waals surface area contributed by atoms with E-state index in [2.05, 4.69) is 14.7 Å². The van der Waals surface area contributed by atoms with E-state index < -0.39 is 5.97 Å². The minimum Gasteiger partial charge on any atom is -0.465 e. The molecule has 0 aromatic carbocycles. The van der Waals surface area contributed by atoms with Gasteiger partial charge in [0, 0.05) is 35.9 Å². The molecule has 5 heteroatoms. The Morgan fingerprint density at radius 1 is 1.12 bits per heavy atom. The van der Waals surface area contributed by atoms with Crippen molar-refractivity contribution < 1.29 is 9.53 Å². The summed E-state index contributed by atoms with van der Waals surface area (Å²) < 4.78 is 4.63. The molecule has 2 aromatic rings. The molecule has 0 atom stereocenters. The second-order valence-corrected chi connectivity index (χ2v) is 3.46. The predicted octanol–water partition coefficient (Wildman–Crippen LogP) is 0.724. The Morgan fingerprint density at radius 3 is 2.41 bits per heavy atom. The van der Waals surface area contributed by atoms with Gasteiger partial charge in [-0.25, -0.2) is 4.79 Å². The van der Waals surface area contributed by atoms with Gasteiger partial charge in [0.05, 0.1) is 12.7 Å². The molecule has 0 fully saturated rings. The van der Waals surface area contributed by atoms with Crippen LogP contribution in [-0.4, -0.2) is 30.9 Å². The Morgan fingerprint density at radius 2 is 1.76 bits per heavy atom. The fourth-order valence-corrected chi connectivity index (χ4v) is 1.44. The average molecular weight is 224 g/mol. The quantitative estimate of drug-likeness (QED) is 0.557. The van der Waals surface area contributed by atoms with Gasteiger partial charge in [-0.2, -0.15) is 0 Å². The van der Waals surface area contributed by atoms with E-state index in [1.54, 1.807) is 30.7 Å². The lowest BCUT2D eigenvalue weighted by Gasteiger charge is -2.04. The Kier molecular flexibility index (Phi) is 3.18. The highest BCUT2D eigenvalue weighted by Crippen LogP contribution is 2.17. The van der Waals surface area contributed by atoms with Crippen molar-refractivity contribution in [1.82, 2.24) is 9.97 Å². The van der Waals surface area contributed by atoms with Crippen molar-refractivity contribution >= 4 is 19.3 Å². The smallest absolute Gasteiger partial charge is 0.339 e. The van der Waals surface area contributed by atoms with Gasteiger partial charge in [-0.3, -0.25) is 9.97 Å². The van der Waals surface area contributed by atoms with E-state index in [1.807, 2.05) is 0 Å². The second-order valence-electron chi connectivity index (χ2n) is 3.46. The van der Waals surface area contributed by atoms with E-state index in [4.69, 9.17) is 7.85 Å². The molecule has 0 aliphatic heterocycles. The maximum absolute atomic E-state index is 11.4. The normalized spacial score (nSPS) is 9.94. The summed E-state index contributed by atoms with van der Waals surface area (Å²) in [6, 6.07) is 3.46. The maximum atomic E-state index is 11.4. The summed E-state index contributed by atoms with van der Waals surface area (Å²) in [6.07, 6.45) is 6.31. The molecule has 0 saturated carbocycles. The molecule has 0 unspecified atom stereocenters. The summed E-state index contributed by atoms with van der Waals surface area (Å²) in [5.41, 5.74) is 2.54. The molecule has 0 saturated heterocycles. The minimum atomic E-state index is -0.420. The van der Waals surface area contributed by atoms with Crippen LogP contribution in [0.4, 0.5) is 0 Å². The summed E-state index contributed by atoms with van der Waals surface area (Å²) in [5.74, 6) is -0.420. The largest absolute Gasteiger partial charge is 0.465 e. The molecule has 17 heavy (non-hydrogen) atoms. The van der Waals surface area contributed by atoms with Crippen molar-refractivity contribution in [2.75, 3.05) is 7.11 Å². The average Bonchev–Trinajstić information content (AvgIpc) is 2.38. The van der Waals surface area contributed by atoms with Crippen LogP contribution in [0.1, 0.15) is 10.4 Å². The third-order valence-corrected chi connectivity index (χ3v) is 2.25. The standard InChI is InChI=1S/C12H9BN2O2/c1-17-12(16)10-2-8(4-14-6-10)9-3-11(13)7-15-5-9/h2-7H,1H3. The van der Waals surface area contributed by atoms with E-state index in [1.165, 1.54) is 13.3 Å². The van der Waals surface area contributed by atoms with Crippen LogP contribution in [-0.2, 0) is 4.74 Å². The summed E-state index contributed by atoms with van der Waals surface area (Å²) in [6.45, 7) is 0. The number of hydrogen-bond acceptors (Lipinski definition) is 4. The van der Waals surface area contributed by atoms with Crippen molar-refractivity contribution in [3.8, 4) is 11.1 Å². The Bertz CT molecular complexity index is 558. The molecular weight excluding hydrogens is 215 g/mol. The first-order valence-electron chi connectivity index (χ1n) is 4.95. The van der Waals surface area contributed by atoms with Gasteiger partial charge in [0.25, 0.3) is 0 Å². The first kappa shape index (κ1) is 11.3. The summed E-state index contributed by atoms with van der Waals surface area (Å²) in [5, 5.41) is 0. The summed E-state index contributed by atoms with van der Waals surface area (Å²) in [4.78, 5) is 19.3. The molecule has 82 valence electrons. The van der Waals surface area contributed by atoms with Crippen LogP contribution >= 0.6 is 0 Å². The van der Waals surface area contributed by atoms with Crippen LogP contribution in [0.5, 0.6) is 0 Å². The third kappa shape index (κ3) is 2.50. The fourth-order valence-electron chi connectivity index (χ4n) is 1.44. The van der Waals surface area contributed by atoms with Gasteiger partial charge in [-0.1, -0.05) is 11.5 Å². The number of aromatic nitrogens is 2. The van der Waals surface area contributed by atoms with Gasteiger partial charge in [0.1, 0.15) is 7.85 Å². The van der Waals surface area contributed by atoms with Gasteiger partial charge in [0.15, 0.2) is 0 Å². The fraction of sp³-hybridized carbons (Fsp3) is 0.0833. The van der Waals surface area contributed by atoms with Crippen LogP contribution < -0.4 is 5.46 Å². The van der Waals surface area contributed by atoms with Crippen molar-refractivity contribution in [3.63, 3.8) is 0 Å². The highest BCUT2D eigenvalue weighted by molar-refractivity contribution is 6.32. The molecule has 0 spiro atoms. The number of esters is 1. The molecule has 0 aliphatic carbocycles. The van der Waals surface area contributed by atoms with Crippen molar-refractivity contribution in [2.24, 2.45) is 0 Å². The second kappa shape index (κ2) is 4.78. The summed E-state index contributed by atoms with van der Waals surface area (Å²) in [7, 11) is 6.98. The number of methoxy groups -OCH3 is 1. The summed E-state index contributed by atoms with van der Waals surface area (Å²) >= 11 is 0. The topological polar surface area (TPSA) is 52.1 Å². The number of rotatable bonds is 2.